The van der Waals surface area contributed by atoms with Gasteiger partial charge in [0.1, 0.15) is 0 Å². The predicted molar refractivity (Wildman–Crippen MR) is 70.6 cm³/mol. The predicted octanol–water partition coefficient (Wildman–Crippen LogP) is 2.34. The SMILES string of the molecule is CC(N)C(c1cccnc1)N(C)C1CCCC1. The molecule has 17 heavy (non-hydrogen) atoms. The summed E-state index contributed by atoms with van der Waals surface area (Å²) in [5.74, 6) is 0. The van der Waals surface area contributed by atoms with Crippen molar-refractivity contribution in [3.8, 4) is 0 Å². The Bertz CT molecular complexity index is 331. The van der Waals surface area contributed by atoms with Crippen molar-refractivity contribution in [3.05, 3.63) is 30.1 Å². The second-order valence-electron chi connectivity index (χ2n) is 5.19. The molecule has 1 aromatic rings. The van der Waals surface area contributed by atoms with Crippen LogP contribution >= 0.6 is 0 Å². The zero-order valence-corrected chi connectivity index (χ0v) is 10.8. The maximum absolute atomic E-state index is 6.17. The van der Waals surface area contributed by atoms with Crippen molar-refractivity contribution < 1.29 is 0 Å². The molecule has 2 atom stereocenters. The van der Waals surface area contributed by atoms with Crippen molar-refractivity contribution in [1.82, 2.24) is 9.88 Å². The van der Waals surface area contributed by atoms with Crippen molar-refractivity contribution >= 4 is 0 Å². The van der Waals surface area contributed by atoms with Crippen molar-refractivity contribution in [1.29, 1.82) is 0 Å². The fourth-order valence-corrected chi connectivity index (χ4v) is 3.00. The van der Waals surface area contributed by atoms with Crippen LogP contribution in [0.2, 0.25) is 0 Å². The molecule has 2 rings (SSSR count). The number of rotatable bonds is 4. The van der Waals surface area contributed by atoms with Gasteiger partial charge in [0.15, 0.2) is 0 Å². The molecule has 1 aromatic heterocycles. The molecular formula is C14H23N3. The smallest absolute Gasteiger partial charge is 0.0511 e. The van der Waals surface area contributed by atoms with Crippen LogP contribution in [0.1, 0.15) is 44.2 Å². The van der Waals surface area contributed by atoms with Gasteiger partial charge in [0, 0.05) is 24.5 Å². The molecule has 0 spiro atoms. The van der Waals surface area contributed by atoms with Gasteiger partial charge in [-0.2, -0.15) is 0 Å². The van der Waals surface area contributed by atoms with Gasteiger partial charge < -0.3 is 5.73 Å². The molecule has 2 unspecified atom stereocenters. The van der Waals surface area contributed by atoms with Crippen molar-refractivity contribution in [3.63, 3.8) is 0 Å². The molecular weight excluding hydrogens is 210 g/mol. The zero-order valence-electron chi connectivity index (χ0n) is 10.8. The van der Waals surface area contributed by atoms with Crippen LogP contribution in [-0.4, -0.2) is 29.0 Å². The lowest BCUT2D eigenvalue weighted by Crippen LogP contribution is -2.41. The van der Waals surface area contributed by atoms with E-state index in [1.807, 2.05) is 18.5 Å². The Morgan fingerprint density at radius 1 is 1.41 bits per heavy atom. The van der Waals surface area contributed by atoms with Gasteiger partial charge in [-0.15, -0.1) is 0 Å². The molecule has 1 fully saturated rings. The Kier molecular flexibility index (Phi) is 4.13. The molecule has 0 bridgehead atoms. The van der Waals surface area contributed by atoms with Crippen LogP contribution in [0.4, 0.5) is 0 Å². The lowest BCUT2D eigenvalue weighted by atomic mass is 9.99. The van der Waals surface area contributed by atoms with E-state index < -0.39 is 0 Å². The highest BCUT2D eigenvalue weighted by Gasteiger charge is 2.28. The highest BCUT2D eigenvalue weighted by Crippen LogP contribution is 2.30. The van der Waals surface area contributed by atoms with Crippen molar-refractivity contribution in [2.75, 3.05) is 7.05 Å². The van der Waals surface area contributed by atoms with E-state index in [0.29, 0.717) is 6.04 Å². The second-order valence-corrected chi connectivity index (χ2v) is 5.19. The Morgan fingerprint density at radius 2 is 2.12 bits per heavy atom. The van der Waals surface area contributed by atoms with Crippen LogP contribution in [0, 0.1) is 0 Å². The van der Waals surface area contributed by atoms with E-state index in [2.05, 4.69) is 29.9 Å². The van der Waals surface area contributed by atoms with Crippen LogP contribution in [0.25, 0.3) is 0 Å². The van der Waals surface area contributed by atoms with E-state index >= 15 is 0 Å². The fourth-order valence-electron chi connectivity index (χ4n) is 3.00. The number of hydrogen-bond acceptors (Lipinski definition) is 3. The summed E-state index contributed by atoms with van der Waals surface area (Å²) in [6.07, 6.45) is 9.08. The molecule has 3 nitrogen and oxygen atoms in total. The summed E-state index contributed by atoms with van der Waals surface area (Å²) in [6, 6.07) is 5.22. The number of likely N-dealkylation sites (N-methyl/N-ethyl adjacent to an activating group) is 1. The number of nitrogens with zero attached hydrogens (tertiary/aromatic N) is 2. The number of hydrogen-bond donors (Lipinski definition) is 1. The summed E-state index contributed by atoms with van der Waals surface area (Å²) in [6.45, 7) is 2.09. The van der Waals surface area contributed by atoms with E-state index in [-0.39, 0.29) is 12.1 Å². The van der Waals surface area contributed by atoms with Gasteiger partial charge in [-0.3, -0.25) is 9.88 Å². The Hall–Kier alpha value is -0.930. The monoisotopic (exact) mass is 233 g/mol. The number of aromatic nitrogens is 1. The summed E-state index contributed by atoms with van der Waals surface area (Å²) in [5.41, 5.74) is 7.40. The molecule has 0 saturated heterocycles. The molecule has 1 saturated carbocycles. The molecule has 0 aliphatic heterocycles. The van der Waals surface area contributed by atoms with E-state index in [1.54, 1.807) is 0 Å². The van der Waals surface area contributed by atoms with Gasteiger partial charge in [0.05, 0.1) is 6.04 Å². The maximum atomic E-state index is 6.17. The van der Waals surface area contributed by atoms with E-state index in [9.17, 15) is 0 Å². The third-order valence-electron chi connectivity index (χ3n) is 3.86. The minimum Gasteiger partial charge on any atom is -0.326 e. The zero-order chi connectivity index (χ0) is 12.3. The summed E-state index contributed by atoms with van der Waals surface area (Å²) < 4.78 is 0. The minimum atomic E-state index is 0.129. The Labute approximate surface area is 104 Å². The normalized spacial score (nSPS) is 20.7. The maximum Gasteiger partial charge on any atom is 0.0511 e. The third-order valence-corrected chi connectivity index (χ3v) is 3.86. The molecule has 94 valence electrons. The lowest BCUT2D eigenvalue weighted by molar-refractivity contribution is 0.156. The highest BCUT2D eigenvalue weighted by molar-refractivity contribution is 5.16. The average molecular weight is 233 g/mol. The van der Waals surface area contributed by atoms with Gasteiger partial charge in [-0.25, -0.2) is 0 Å². The third kappa shape index (κ3) is 2.85. The van der Waals surface area contributed by atoms with Gasteiger partial charge in [0.25, 0.3) is 0 Å². The molecule has 0 radical (unpaired) electrons. The molecule has 1 heterocycles. The average Bonchev–Trinajstić information content (AvgIpc) is 2.83. The summed E-state index contributed by atoms with van der Waals surface area (Å²) in [7, 11) is 2.21. The molecule has 3 heteroatoms. The quantitative estimate of drug-likeness (QED) is 0.868. The first-order valence-corrected chi connectivity index (χ1v) is 6.57. The first kappa shape index (κ1) is 12.5. The summed E-state index contributed by atoms with van der Waals surface area (Å²) in [5, 5.41) is 0. The highest BCUT2D eigenvalue weighted by atomic mass is 15.2. The second kappa shape index (κ2) is 5.61. The Balaban J connectivity index is 2.17. The molecule has 0 aromatic carbocycles. The van der Waals surface area contributed by atoms with Gasteiger partial charge in [-0.05, 0) is 38.4 Å². The van der Waals surface area contributed by atoms with Gasteiger partial charge in [-0.1, -0.05) is 18.9 Å². The summed E-state index contributed by atoms with van der Waals surface area (Å²) in [4.78, 5) is 6.67. The van der Waals surface area contributed by atoms with Crippen LogP contribution in [0.15, 0.2) is 24.5 Å². The van der Waals surface area contributed by atoms with E-state index in [4.69, 9.17) is 5.73 Å². The topological polar surface area (TPSA) is 42.1 Å². The molecule has 0 amide bonds. The van der Waals surface area contributed by atoms with Crippen LogP contribution in [0.5, 0.6) is 0 Å². The van der Waals surface area contributed by atoms with Crippen LogP contribution < -0.4 is 5.73 Å². The molecule has 1 aliphatic rings. The van der Waals surface area contributed by atoms with Gasteiger partial charge >= 0.3 is 0 Å². The molecule has 1 aliphatic carbocycles. The van der Waals surface area contributed by atoms with Crippen LogP contribution in [0.3, 0.4) is 0 Å². The number of nitrogens with two attached hydrogens (primary N) is 1. The number of pyridine rings is 1. The molecule has 2 N–H and O–H groups in total. The standard InChI is InChI=1S/C14H23N3/c1-11(15)14(12-6-5-9-16-10-12)17(2)13-7-3-4-8-13/h5-6,9-11,13-14H,3-4,7-8,15H2,1-2H3. The van der Waals surface area contributed by atoms with E-state index in [1.165, 1.54) is 31.2 Å². The summed E-state index contributed by atoms with van der Waals surface area (Å²) >= 11 is 0. The van der Waals surface area contributed by atoms with Gasteiger partial charge in [0.2, 0.25) is 0 Å². The largest absolute Gasteiger partial charge is 0.326 e. The minimum absolute atomic E-state index is 0.129. The lowest BCUT2D eigenvalue weighted by Gasteiger charge is -2.35. The first-order chi connectivity index (χ1) is 8.20. The van der Waals surface area contributed by atoms with Crippen molar-refractivity contribution in [2.45, 2.75) is 50.7 Å². The first-order valence-electron chi connectivity index (χ1n) is 6.57. The Morgan fingerprint density at radius 3 is 2.65 bits per heavy atom. The van der Waals surface area contributed by atoms with Crippen LogP contribution in [-0.2, 0) is 0 Å². The van der Waals surface area contributed by atoms with Crippen molar-refractivity contribution in [2.24, 2.45) is 5.73 Å². The van der Waals surface area contributed by atoms with E-state index in [0.717, 1.165) is 0 Å². The fraction of sp³-hybridized carbons (Fsp3) is 0.643.